The van der Waals surface area contributed by atoms with Crippen LogP contribution in [0.2, 0.25) is 0 Å². The van der Waals surface area contributed by atoms with Gasteiger partial charge in [0, 0.05) is 0 Å². The predicted molar refractivity (Wildman–Crippen MR) is 108 cm³/mol. The Morgan fingerprint density at radius 3 is 1.86 bits per heavy atom. The molecule has 28 heavy (non-hydrogen) atoms. The zero-order valence-corrected chi connectivity index (χ0v) is 16.9. The van der Waals surface area contributed by atoms with E-state index in [-0.39, 0.29) is 17.7 Å². The average molecular weight is 429 g/mol. The fourth-order valence-electron chi connectivity index (χ4n) is 3.51. The molecule has 0 fully saturated rings. The van der Waals surface area contributed by atoms with Crippen molar-refractivity contribution in [2.45, 2.75) is 11.8 Å². The molecule has 0 N–H and O–H groups in total. The molecule has 2 radical (unpaired) electrons. The first kappa shape index (κ1) is 18.5. The van der Waals surface area contributed by atoms with Crippen LogP contribution in [-0.2, 0) is 0 Å². The van der Waals surface area contributed by atoms with E-state index in [2.05, 4.69) is 39.0 Å². The van der Waals surface area contributed by atoms with Crippen LogP contribution in [0.4, 0.5) is 4.39 Å². The van der Waals surface area contributed by atoms with Crippen molar-refractivity contribution in [1.29, 1.82) is 0 Å². The van der Waals surface area contributed by atoms with E-state index in [1.807, 2.05) is 54.9 Å². The van der Waals surface area contributed by atoms with Crippen LogP contribution in [0, 0.1) is 5.82 Å². The van der Waals surface area contributed by atoms with Crippen molar-refractivity contribution in [3.63, 3.8) is 0 Å². The van der Waals surface area contributed by atoms with Gasteiger partial charge in [-0.25, -0.2) is 0 Å². The van der Waals surface area contributed by atoms with Crippen LogP contribution in [0.5, 0.6) is 0 Å². The van der Waals surface area contributed by atoms with Gasteiger partial charge < -0.3 is 0 Å². The second kappa shape index (κ2) is 8.45. The summed E-state index contributed by atoms with van der Waals surface area (Å²) in [7, 11) is 0. The van der Waals surface area contributed by atoms with E-state index in [0.29, 0.717) is 0 Å². The summed E-state index contributed by atoms with van der Waals surface area (Å²) in [4.78, 5) is 13.4. The van der Waals surface area contributed by atoms with E-state index in [4.69, 9.17) is 4.98 Å². The van der Waals surface area contributed by atoms with Crippen molar-refractivity contribution in [3.8, 4) is 0 Å². The molecule has 0 amide bonds. The number of nitrogens with zero attached hydrogens (tertiary/aromatic N) is 3. The van der Waals surface area contributed by atoms with Gasteiger partial charge in [0.25, 0.3) is 0 Å². The molecule has 0 aliphatic heterocycles. The van der Waals surface area contributed by atoms with E-state index < -0.39 is 0 Å². The standard InChI is InChI=1S/C23H17AsFN3/c24-21-7-1-6-20(28-21)23(16-8-10-19(25)11-9-16)22(17-4-2-12-26-14-17)18-5-3-13-27-15-18/h1-15,22-23H. The molecular weight excluding hydrogens is 412 g/mol. The first-order chi connectivity index (χ1) is 13.7. The topological polar surface area (TPSA) is 38.7 Å². The maximum atomic E-state index is 13.6. The minimum atomic E-state index is -0.254. The average Bonchev–Trinajstić information content (AvgIpc) is 2.74. The first-order valence-corrected chi connectivity index (χ1v) is 9.87. The Kier molecular flexibility index (Phi) is 5.59. The zero-order chi connectivity index (χ0) is 19.3. The fourth-order valence-corrected chi connectivity index (χ4v) is 3.94. The molecule has 1 atom stereocenters. The molecule has 4 rings (SSSR count). The van der Waals surface area contributed by atoms with Crippen LogP contribution in [-0.4, -0.2) is 31.8 Å². The van der Waals surface area contributed by atoms with E-state index in [0.717, 1.165) is 26.9 Å². The van der Waals surface area contributed by atoms with E-state index in [1.54, 1.807) is 12.4 Å². The molecule has 0 saturated heterocycles. The Bertz CT molecular complexity index is 1000. The number of rotatable bonds is 5. The summed E-state index contributed by atoms with van der Waals surface area (Å²) in [6.07, 6.45) is 7.28. The Hall–Kier alpha value is -2.84. The summed E-state index contributed by atoms with van der Waals surface area (Å²) < 4.78 is 14.5. The molecular formula is C23H17AsFN3. The quantitative estimate of drug-likeness (QED) is 0.454. The van der Waals surface area contributed by atoms with Crippen molar-refractivity contribution in [1.82, 2.24) is 15.0 Å². The third kappa shape index (κ3) is 4.02. The minimum absolute atomic E-state index is 0.0605. The Labute approximate surface area is 172 Å². The molecule has 0 aliphatic carbocycles. The molecule has 136 valence electrons. The van der Waals surface area contributed by atoms with Crippen LogP contribution in [0.1, 0.15) is 34.2 Å². The second-order valence-electron chi connectivity index (χ2n) is 6.50. The number of pyridine rings is 3. The molecule has 3 nitrogen and oxygen atoms in total. The van der Waals surface area contributed by atoms with Crippen LogP contribution in [0.25, 0.3) is 0 Å². The summed E-state index contributed by atoms with van der Waals surface area (Å²) in [5.41, 5.74) is 4.03. The zero-order valence-electron chi connectivity index (χ0n) is 15.0. The van der Waals surface area contributed by atoms with Gasteiger partial charge in [-0.1, -0.05) is 0 Å². The number of hydrogen-bond donors (Lipinski definition) is 0. The van der Waals surface area contributed by atoms with Gasteiger partial charge in [0.1, 0.15) is 0 Å². The molecule has 1 unspecified atom stereocenters. The molecule has 0 bridgehead atoms. The molecule has 3 aromatic heterocycles. The van der Waals surface area contributed by atoms with Crippen molar-refractivity contribution < 1.29 is 4.39 Å². The molecule has 0 spiro atoms. The Morgan fingerprint density at radius 1 is 0.679 bits per heavy atom. The summed E-state index contributed by atoms with van der Waals surface area (Å²) in [5, 5.41) is 0. The second-order valence-corrected chi connectivity index (χ2v) is 7.46. The number of benzene rings is 1. The van der Waals surface area contributed by atoms with Crippen molar-refractivity contribution in [2.24, 2.45) is 0 Å². The van der Waals surface area contributed by atoms with Crippen LogP contribution in [0.3, 0.4) is 0 Å². The molecule has 1 aromatic carbocycles. The number of aromatic nitrogens is 3. The fraction of sp³-hybridized carbons (Fsp3) is 0.0870. The van der Waals surface area contributed by atoms with Gasteiger partial charge in [-0.05, 0) is 0 Å². The predicted octanol–water partition coefficient (Wildman–Crippen LogP) is 3.77. The van der Waals surface area contributed by atoms with Gasteiger partial charge in [0.05, 0.1) is 0 Å². The number of hydrogen-bond acceptors (Lipinski definition) is 3. The Morgan fingerprint density at radius 2 is 1.32 bits per heavy atom. The summed E-state index contributed by atoms with van der Waals surface area (Å²) >= 11 is 2.48. The van der Waals surface area contributed by atoms with Gasteiger partial charge in [0.15, 0.2) is 0 Å². The van der Waals surface area contributed by atoms with E-state index >= 15 is 0 Å². The normalized spacial score (nSPS) is 12.1. The van der Waals surface area contributed by atoms with Crippen molar-refractivity contribution >= 4 is 21.3 Å². The van der Waals surface area contributed by atoms with Gasteiger partial charge in [-0.3, -0.25) is 0 Å². The molecule has 0 saturated carbocycles. The third-order valence-corrected chi connectivity index (χ3v) is 5.25. The third-order valence-electron chi connectivity index (χ3n) is 4.72. The molecule has 0 aliphatic rings. The van der Waals surface area contributed by atoms with Gasteiger partial charge in [0.2, 0.25) is 0 Å². The van der Waals surface area contributed by atoms with Crippen molar-refractivity contribution in [3.05, 3.63) is 120 Å². The molecule has 5 heteroatoms. The summed E-state index contributed by atoms with van der Waals surface area (Å²) in [5.74, 6) is -0.427. The summed E-state index contributed by atoms with van der Waals surface area (Å²) in [6, 6.07) is 20.6. The first-order valence-electron chi connectivity index (χ1n) is 8.93. The van der Waals surface area contributed by atoms with Crippen LogP contribution >= 0.6 is 0 Å². The van der Waals surface area contributed by atoms with Gasteiger partial charge >= 0.3 is 172 Å². The maximum absolute atomic E-state index is 13.6. The van der Waals surface area contributed by atoms with Crippen LogP contribution in [0.15, 0.2) is 91.5 Å². The number of halogens is 1. The van der Waals surface area contributed by atoms with Crippen molar-refractivity contribution in [2.75, 3.05) is 0 Å². The van der Waals surface area contributed by atoms with E-state index in [1.165, 1.54) is 12.1 Å². The SMILES string of the molecule is Fc1ccc(C(c2cccc([As])n2)C(c2cccnc2)c2cccnc2)cc1. The summed E-state index contributed by atoms with van der Waals surface area (Å²) in [6.45, 7) is 0. The van der Waals surface area contributed by atoms with Gasteiger partial charge in [-0.15, -0.1) is 0 Å². The van der Waals surface area contributed by atoms with Gasteiger partial charge in [-0.2, -0.15) is 0 Å². The Balaban J connectivity index is 1.94. The molecule has 3 heterocycles. The monoisotopic (exact) mass is 429 g/mol. The molecule has 4 aromatic rings. The van der Waals surface area contributed by atoms with E-state index in [9.17, 15) is 4.39 Å². The van der Waals surface area contributed by atoms with Crippen LogP contribution < -0.4 is 4.48 Å².